The van der Waals surface area contributed by atoms with Gasteiger partial charge in [-0.2, -0.15) is 0 Å². The molecule has 3 rings (SSSR count). The molecule has 0 radical (unpaired) electrons. The number of amides is 1. The lowest BCUT2D eigenvalue weighted by Gasteiger charge is -2.20. The molecular weight excluding hydrogens is 332 g/mol. The van der Waals surface area contributed by atoms with Crippen LogP contribution in [0, 0.1) is 5.92 Å². The van der Waals surface area contributed by atoms with Gasteiger partial charge >= 0.3 is 0 Å². The van der Waals surface area contributed by atoms with E-state index in [9.17, 15) is 9.59 Å². The minimum atomic E-state index is -0.0376. The Labute approximate surface area is 151 Å². The minimum absolute atomic E-state index is 0.0280. The second-order valence-corrected chi connectivity index (χ2v) is 6.17. The highest BCUT2D eigenvalue weighted by atomic mass is 16.2. The molecule has 0 unspecified atom stereocenters. The number of hydrogen-bond donors (Lipinski definition) is 3. The zero-order chi connectivity index (χ0) is 18.2. The maximum Gasteiger partial charge on any atom is 0.223 e. The van der Waals surface area contributed by atoms with Gasteiger partial charge in [-0.05, 0) is 37.1 Å². The first kappa shape index (κ1) is 17.8. The van der Waals surface area contributed by atoms with Gasteiger partial charge in [-0.3, -0.25) is 9.59 Å². The van der Waals surface area contributed by atoms with E-state index in [1.807, 2.05) is 30.3 Å². The van der Waals surface area contributed by atoms with Crippen molar-refractivity contribution in [1.82, 2.24) is 20.5 Å². The number of hydrogen-bond acceptors (Lipinski definition) is 7. The van der Waals surface area contributed by atoms with Gasteiger partial charge in [0.1, 0.15) is 17.4 Å². The van der Waals surface area contributed by atoms with Gasteiger partial charge in [-0.25, -0.2) is 4.98 Å². The summed E-state index contributed by atoms with van der Waals surface area (Å²) < 4.78 is 0. The van der Waals surface area contributed by atoms with Crippen LogP contribution < -0.4 is 16.0 Å². The summed E-state index contributed by atoms with van der Waals surface area (Å²) in [6.45, 7) is 1.05. The zero-order valence-electron chi connectivity index (χ0n) is 14.4. The molecule has 1 saturated carbocycles. The van der Waals surface area contributed by atoms with Gasteiger partial charge < -0.3 is 16.0 Å². The summed E-state index contributed by atoms with van der Waals surface area (Å²) in [7, 11) is 0. The molecule has 2 heterocycles. The molecule has 0 spiro atoms. The highest BCUT2D eigenvalue weighted by Crippen LogP contribution is 2.21. The summed E-state index contributed by atoms with van der Waals surface area (Å²) in [4.78, 5) is 27.4. The van der Waals surface area contributed by atoms with Crippen molar-refractivity contribution >= 4 is 29.1 Å². The Bertz CT molecular complexity index is 725. The number of nitrogens with zero attached hydrogens (tertiary/aromatic N) is 3. The van der Waals surface area contributed by atoms with E-state index in [2.05, 4.69) is 31.1 Å². The second kappa shape index (κ2) is 8.89. The van der Waals surface area contributed by atoms with Gasteiger partial charge in [-0.15, -0.1) is 10.2 Å². The van der Waals surface area contributed by atoms with E-state index in [1.54, 1.807) is 6.20 Å². The predicted molar refractivity (Wildman–Crippen MR) is 98.0 cm³/mol. The average Bonchev–Trinajstić information content (AvgIpc) is 2.68. The monoisotopic (exact) mass is 354 g/mol. The van der Waals surface area contributed by atoms with Crippen LogP contribution >= 0.6 is 0 Å². The lowest BCUT2D eigenvalue weighted by Crippen LogP contribution is -2.36. The molecule has 0 bridgehead atoms. The van der Waals surface area contributed by atoms with Crippen molar-refractivity contribution in [3.05, 3.63) is 36.5 Å². The van der Waals surface area contributed by atoms with Crippen LogP contribution in [0.5, 0.6) is 0 Å². The number of aromatic nitrogens is 3. The van der Waals surface area contributed by atoms with Crippen molar-refractivity contribution < 1.29 is 9.59 Å². The fourth-order valence-corrected chi connectivity index (χ4v) is 2.78. The van der Waals surface area contributed by atoms with Crippen LogP contribution in [-0.2, 0) is 9.59 Å². The van der Waals surface area contributed by atoms with Crippen LogP contribution in [0.15, 0.2) is 36.5 Å². The summed E-state index contributed by atoms with van der Waals surface area (Å²) in [6, 6.07) is 9.20. The quantitative estimate of drug-likeness (QED) is 0.652. The van der Waals surface area contributed by atoms with E-state index in [-0.39, 0.29) is 17.6 Å². The third kappa shape index (κ3) is 5.23. The largest absolute Gasteiger partial charge is 0.367 e. The smallest absolute Gasteiger partial charge is 0.223 e. The number of rotatable bonds is 7. The normalized spacial score (nSPS) is 14.7. The zero-order valence-corrected chi connectivity index (χ0v) is 14.4. The Morgan fingerprint density at radius 3 is 2.46 bits per heavy atom. The lowest BCUT2D eigenvalue weighted by atomic mass is 9.88. The third-order valence-electron chi connectivity index (χ3n) is 4.23. The van der Waals surface area contributed by atoms with E-state index in [0.29, 0.717) is 56.2 Å². The Morgan fingerprint density at radius 1 is 1.00 bits per heavy atom. The van der Waals surface area contributed by atoms with Crippen LogP contribution in [-0.4, -0.2) is 40.0 Å². The van der Waals surface area contributed by atoms with Gasteiger partial charge in [0, 0.05) is 38.0 Å². The highest BCUT2D eigenvalue weighted by Gasteiger charge is 2.24. The number of Topliss-reactive ketones (excluding diaryl/α,β-unsaturated/α-hetero) is 1. The topological polar surface area (TPSA) is 109 Å². The molecule has 2 aromatic rings. The van der Waals surface area contributed by atoms with Gasteiger partial charge in [-0.1, -0.05) is 6.07 Å². The molecule has 8 heteroatoms. The number of carbonyl (C=O) groups excluding carboxylic acids is 2. The highest BCUT2D eigenvalue weighted by molar-refractivity contribution is 5.84. The fraction of sp³-hybridized carbons (Fsp3) is 0.389. The first-order chi connectivity index (χ1) is 12.7. The van der Waals surface area contributed by atoms with Crippen LogP contribution in [0.3, 0.4) is 0 Å². The number of anilines is 3. The van der Waals surface area contributed by atoms with E-state index in [1.165, 1.54) is 0 Å². The van der Waals surface area contributed by atoms with Crippen LogP contribution in [0.2, 0.25) is 0 Å². The summed E-state index contributed by atoms with van der Waals surface area (Å²) in [5.41, 5.74) is 0. The maximum absolute atomic E-state index is 12.0. The van der Waals surface area contributed by atoms with E-state index >= 15 is 0 Å². The van der Waals surface area contributed by atoms with Crippen LogP contribution in [0.4, 0.5) is 17.5 Å². The lowest BCUT2D eigenvalue weighted by molar-refractivity contribution is -0.128. The van der Waals surface area contributed by atoms with Crippen LogP contribution in [0.25, 0.3) is 0 Å². The molecule has 3 N–H and O–H groups in total. The molecule has 0 atom stereocenters. The number of pyridine rings is 1. The van der Waals surface area contributed by atoms with Crippen molar-refractivity contribution in [2.45, 2.75) is 25.7 Å². The Hall–Kier alpha value is -3.03. The van der Waals surface area contributed by atoms with E-state index in [0.717, 1.165) is 0 Å². The molecule has 2 aromatic heterocycles. The van der Waals surface area contributed by atoms with Crippen molar-refractivity contribution in [2.75, 3.05) is 23.7 Å². The van der Waals surface area contributed by atoms with Crippen molar-refractivity contribution in [3.63, 3.8) is 0 Å². The molecule has 1 amide bonds. The maximum atomic E-state index is 12.0. The third-order valence-corrected chi connectivity index (χ3v) is 4.23. The Balaban J connectivity index is 1.37. The first-order valence-corrected chi connectivity index (χ1v) is 8.76. The molecule has 1 aliphatic carbocycles. The number of ketones is 1. The molecule has 8 nitrogen and oxygen atoms in total. The summed E-state index contributed by atoms with van der Waals surface area (Å²) in [5, 5.41) is 17.2. The molecule has 0 aliphatic heterocycles. The van der Waals surface area contributed by atoms with Gasteiger partial charge in [0.15, 0.2) is 5.82 Å². The van der Waals surface area contributed by atoms with E-state index in [4.69, 9.17) is 0 Å². The molecule has 0 saturated heterocycles. The summed E-state index contributed by atoms with van der Waals surface area (Å²) >= 11 is 0. The molecule has 1 fully saturated rings. The Morgan fingerprint density at radius 2 is 1.77 bits per heavy atom. The first-order valence-electron chi connectivity index (χ1n) is 8.76. The molecular formula is C18H22N6O2. The van der Waals surface area contributed by atoms with Gasteiger partial charge in [0.05, 0.1) is 0 Å². The number of carbonyl (C=O) groups is 2. The van der Waals surface area contributed by atoms with Crippen LogP contribution in [0.1, 0.15) is 25.7 Å². The summed E-state index contributed by atoms with van der Waals surface area (Å²) in [5.74, 6) is 2.19. The van der Waals surface area contributed by atoms with Crippen molar-refractivity contribution in [3.8, 4) is 0 Å². The standard InChI is InChI=1S/C18H22N6O2/c25-14-6-4-13(5-7-14)18(26)21-12-11-20-16-8-9-17(24-23-16)22-15-3-1-2-10-19-15/h1-3,8-10,13H,4-7,11-12H2,(H,20,23)(H,21,26)(H,19,22,24). The SMILES string of the molecule is O=C1CCC(C(=O)NCCNc2ccc(Nc3ccccn3)nn2)CC1. The van der Waals surface area contributed by atoms with Gasteiger partial charge in [0.2, 0.25) is 5.91 Å². The number of nitrogens with one attached hydrogen (secondary N) is 3. The fourth-order valence-electron chi connectivity index (χ4n) is 2.78. The Kier molecular flexibility index (Phi) is 6.08. The average molecular weight is 354 g/mol. The molecule has 136 valence electrons. The summed E-state index contributed by atoms with van der Waals surface area (Å²) in [6.07, 6.45) is 4.06. The molecule has 0 aromatic carbocycles. The van der Waals surface area contributed by atoms with E-state index < -0.39 is 0 Å². The molecule has 26 heavy (non-hydrogen) atoms. The molecule has 1 aliphatic rings. The van der Waals surface area contributed by atoms with Crippen molar-refractivity contribution in [1.29, 1.82) is 0 Å². The van der Waals surface area contributed by atoms with Gasteiger partial charge in [0.25, 0.3) is 0 Å². The minimum Gasteiger partial charge on any atom is -0.367 e. The second-order valence-electron chi connectivity index (χ2n) is 6.17. The van der Waals surface area contributed by atoms with Crippen molar-refractivity contribution in [2.24, 2.45) is 5.92 Å². The predicted octanol–water partition coefficient (Wildman–Crippen LogP) is 1.90.